The van der Waals surface area contributed by atoms with Crippen LogP contribution in [0.3, 0.4) is 0 Å². The minimum atomic E-state index is -0.160. The van der Waals surface area contributed by atoms with Crippen molar-refractivity contribution < 1.29 is 31.2 Å². The molecule has 48 heavy (non-hydrogen) atoms. The second kappa shape index (κ2) is 28.8. The molecule has 3 heteroatoms. The molecule has 2 nitrogen and oxygen atoms in total. The van der Waals surface area contributed by atoms with E-state index in [0.717, 1.165) is 79.9 Å². The zero-order valence-corrected chi connectivity index (χ0v) is 39.4. The van der Waals surface area contributed by atoms with Crippen LogP contribution in [-0.4, -0.2) is 24.5 Å². The van der Waals surface area contributed by atoms with Crippen molar-refractivity contribution in [3.8, 4) is 0 Å². The maximum absolute atomic E-state index is 9.79. The Balaban J connectivity index is 0.000000489. The Labute approximate surface area is 319 Å². The van der Waals surface area contributed by atoms with Gasteiger partial charge in [-0.25, -0.2) is 0 Å². The van der Waals surface area contributed by atoms with Gasteiger partial charge >= 0.3 is 106 Å². The number of fused-ring (bicyclic) bond motifs is 2. The van der Waals surface area contributed by atoms with Crippen LogP contribution in [0.25, 0.3) is 0 Å². The number of allylic oxidation sites excluding steroid dienone is 1. The standard InChI is InChI=1S/C27H53.C16H27NO.C2H6.Hg/c1-4-7-8-9-10-11-12-13-14-15-16-17-18-19-20-21-22-23-24-25-26-27(5-2)6-3;1-10-11(5-4-6-12(18)7-8-17-3)9-13-15-14(10)16(13,15)2;1-2;/h27H,1,5-26H2,2-3H3;10-15,18H,3-9H2,1-2H3;1-2H3;. The molecule has 0 amide bonds. The van der Waals surface area contributed by atoms with Crippen LogP contribution in [0.1, 0.15) is 215 Å². The van der Waals surface area contributed by atoms with Gasteiger partial charge in [0.15, 0.2) is 0 Å². The molecule has 0 saturated heterocycles. The molecule has 4 aliphatic carbocycles. The van der Waals surface area contributed by atoms with Gasteiger partial charge in [0.1, 0.15) is 0 Å². The molecule has 279 valence electrons. The molecule has 0 heterocycles. The summed E-state index contributed by atoms with van der Waals surface area (Å²) >= 11 is 0.813. The van der Waals surface area contributed by atoms with Gasteiger partial charge in [-0.15, -0.1) is 0 Å². The van der Waals surface area contributed by atoms with E-state index in [2.05, 4.69) is 46.0 Å². The summed E-state index contributed by atoms with van der Waals surface area (Å²) in [6.07, 6.45) is 37.7. The second-order valence-electron chi connectivity index (χ2n) is 16.5. The van der Waals surface area contributed by atoms with Crippen LogP contribution in [-0.2, 0) is 26.1 Å². The van der Waals surface area contributed by atoms with Crippen LogP contribution in [0, 0.1) is 40.9 Å². The summed E-state index contributed by atoms with van der Waals surface area (Å²) < 4.78 is 1.54. The first kappa shape index (κ1) is 46.3. The molecule has 2 bridgehead atoms. The van der Waals surface area contributed by atoms with E-state index in [0.29, 0.717) is 6.54 Å². The smallest absolute Gasteiger partial charge is 0.0683 e. The Bertz CT molecular complexity index is 779. The quantitative estimate of drug-likeness (QED) is 0.0436. The third kappa shape index (κ3) is 18.7. The molecule has 4 fully saturated rings. The Kier molecular flexibility index (Phi) is 27.8. The topological polar surface area (TPSA) is 32.6 Å². The number of aliphatic hydroxyl groups excluding tert-OH is 1. The average Bonchev–Trinajstić information content (AvgIpc) is 3.93. The van der Waals surface area contributed by atoms with Crippen molar-refractivity contribution in [2.75, 3.05) is 6.54 Å². The van der Waals surface area contributed by atoms with Gasteiger partial charge in [0.05, 0.1) is 6.10 Å². The molecule has 1 N–H and O–H groups in total. The van der Waals surface area contributed by atoms with E-state index in [1.165, 1.54) is 161 Å². The zero-order chi connectivity index (χ0) is 35.6. The number of hydrogen-bond donors (Lipinski definition) is 1. The first-order chi connectivity index (χ1) is 23.3. The van der Waals surface area contributed by atoms with Gasteiger partial charge in [0.2, 0.25) is 0 Å². The van der Waals surface area contributed by atoms with Crippen molar-refractivity contribution in [2.45, 2.75) is 221 Å². The van der Waals surface area contributed by atoms with E-state index < -0.39 is 0 Å². The summed E-state index contributed by atoms with van der Waals surface area (Å²) in [6.45, 7) is 21.9. The van der Waals surface area contributed by atoms with Crippen molar-refractivity contribution in [2.24, 2.45) is 45.9 Å². The van der Waals surface area contributed by atoms with E-state index >= 15 is 0 Å². The van der Waals surface area contributed by atoms with Crippen LogP contribution in [0.4, 0.5) is 0 Å². The third-order valence-corrected chi connectivity index (χ3v) is 14.4. The molecule has 0 aliphatic heterocycles. The van der Waals surface area contributed by atoms with Gasteiger partial charge in [-0.1, -0.05) is 125 Å². The Morgan fingerprint density at radius 2 is 1.17 bits per heavy atom. The van der Waals surface area contributed by atoms with Crippen molar-refractivity contribution in [1.29, 1.82) is 0 Å². The number of aliphatic imine (C=N–C) groups is 1. The van der Waals surface area contributed by atoms with Gasteiger partial charge < -0.3 is 10.1 Å². The minimum absolute atomic E-state index is 0.160. The predicted octanol–water partition coefficient (Wildman–Crippen LogP) is 14.5. The zero-order valence-electron chi connectivity index (χ0n) is 33.9. The molecular formula is C45H86HgNO. The van der Waals surface area contributed by atoms with E-state index in [9.17, 15) is 5.11 Å². The molecule has 4 rings (SSSR count). The van der Waals surface area contributed by atoms with Crippen molar-refractivity contribution in [3.63, 3.8) is 0 Å². The summed E-state index contributed by atoms with van der Waals surface area (Å²) in [5, 5.41) is 9.79. The summed E-state index contributed by atoms with van der Waals surface area (Å²) in [7, 11) is 0. The number of aliphatic hydroxyl groups is 1. The molecule has 0 radical (unpaired) electrons. The summed E-state index contributed by atoms with van der Waals surface area (Å²) in [5.41, 5.74) is 0.797. The fraction of sp³-hybridized carbons (Fsp3) is 0.933. The van der Waals surface area contributed by atoms with E-state index in [1.807, 2.05) is 13.8 Å². The van der Waals surface area contributed by atoms with Crippen LogP contribution >= 0.6 is 0 Å². The summed E-state index contributed by atoms with van der Waals surface area (Å²) in [4.78, 5) is 3.80. The molecule has 0 spiro atoms. The number of rotatable bonds is 30. The number of nitrogens with zero attached hydrogens (tertiary/aromatic N) is 1. The predicted molar refractivity (Wildman–Crippen MR) is 212 cm³/mol. The van der Waals surface area contributed by atoms with Crippen molar-refractivity contribution in [3.05, 3.63) is 9.66 Å². The van der Waals surface area contributed by atoms with Gasteiger partial charge in [0.25, 0.3) is 0 Å². The van der Waals surface area contributed by atoms with Crippen LogP contribution in [0.2, 0.25) is 0 Å². The fourth-order valence-electron chi connectivity index (χ4n) is 9.48. The van der Waals surface area contributed by atoms with E-state index in [-0.39, 0.29) is 6.10 Å². The Morgan fingerprint density at radius 1 is 0.729 bits per heavy atom. The van der Waals surface area contributed by atoms with E-state index in [4.69, 9.17) is 0 Å². The fourth-order valence-corrected chi connectivity index (χ4v) is 10.5. The van der Waals surface area contributed by atoms with Gasteiger partial charge in [-0.3, -0.25) is 0 Å². The second-order valence-corrected chi connectivity index (χ2v) is 20.4. The summed E-state index contributed by atoms with van der Waals surface area (Å²) in [6, 6.07) is 0. The Morgan fingerprint density at radius 3 is 1.56 bits per heavy atom. The van der Waals surface area contributed by atoms with E-state index in [1.54, 1.807) is 3.08 Å². The summed E-state index contributed by atoms with van der Waals surface area (Å²) in [5.74, 6) is 6.15. The molecule has 0 aromatic heterocycles. The first-order valence-corrected chi connectivity index (χ1v) is 24.7. The van der Waals surface area contributed by atoms with Crippen LogP contribution in [0.5, 0.6) is 0 Å². The molecule has 0 aromatic rings. The van der Waals surface area contributed by atoms with Crippen molar-refractivity contribution in [1.82, 2.24) is 0 Å². The average molecular weight is 858 g/mol. The van der Waals surface area contributed by atoms with Crippen LogP contribution in [0.15, 0.2) is 14.7 Å². The molecule has 4 saturated carbocycles. The normalized spacial score (nSPS) is 25.3. The first-order valence-electron chi connectivity index (χ1n) is 21.9. The molecule has 7 atom stereocenters. The molecular weight excluding hydrogens is 771 g/mol. The minimum Gasteiger partial charge on any atom is -0.0683 e. The van der Waals surface area contributed by atoms with Gasteiger partial charge in [-0.05, 0) is 66.9 Å². The SMILES string of the molecule is C=NCCC(O)CCCC1CC2C3C(C1C)C23C.C=[C]([Hg])CCCCCCCCCCCCCCCCCCCCC(CC)CC.CC. The number of hydrogen-bond acceptors (Lipinski definition) is 2. The Hall–Kier alpha value is 0.305. The molecule has 0 aromatic carbocycles. The number of unbranched alkanes of at least 4 members (excludes halogenated alkanes) is 17. The monoisotopic (exact) mass is 859 g/mol. The van der Waals surface area contributed by atoms with Gasteiger partial charge in [0, 0.05) is 6.54 Å². The van der Waals surface area contributed by atoms with Gasteiger partial charge in [-0.2, -0.15) is 0 Å². The molecule has 4 aliphatic rings. The third-order valence-electron chi connectivity index (χ3n) is 13.0. The maximum atomic E-state index is 9.79. The molecule has 7 unspecified atom stereocenters. The van der Waals surface area contributed by atoms with Crippen LogP contribution < -0.4 is 0 Å². The van der Waals surface area contributed by atoms with Crippen molar-refractivity contribution >= 4 is 6.72 Å².